The third-order valence-electron chi connectivity index (χ3n) is 7.11. The number of rotatable bonds is 8. The van der Waals surface area contributed by atoms with Gasteiger partial charge in [0.25, 0.3) is 5.78 Å². The lowest BCUT2D eigenvalue weighted by atomic mass is 10.0. The number of carbonyl (C=O) groups is 2. The Balaban J connectivity index is 1.26. The maximum atomic E-state index is 13.3. The quantitative estimate of drug-likeness (QED) is 0.470. The van der Waals surface area contributed by atoms with E-state index in [0.717, 1.165) is 62.3 Å². The maximum absolute atomic E-state index is 13.3. The minimum atomic E-state index is -0.703. The molecule has 5 rings (SSSR count). The van der Waals surface area contributed by atoms with E-state index in [4.69, 9.17) is 9.47 Å². The van der Waals surface area contributed by atoms with Crippen LogP contribution in [-0.2, 0) is 28.9 Å². The summed E-state index contributed by atoms with van der Waals surface area (Å²) < 4.78 is 12.5. The summed E-state index contributed by atoms with van der Waals surface area (Å²) in [7, 11) is 3.16. The van der Waals surface area contributed by atoms with Crippen LogP contribution in [0.4, 0.5) is 5.82 Å². The fraction of sp³-hybridized carbons (Fsp3) is 0.500. The van der Waals surface area contributed by atoms with E-state index in [0.29, 0.717) is 23.7 Å². The van der Waals surface area contributed by atoms with Gasteiger partial charge < -0.3 is 25.0 Å². The van der Waals surface area contributed by atoms with E-state index in [2.05, 4.69) is 30.6 Å². The third-order valence-corrected chi connectivity index (χ3v) is 7.11. The van der Waals surface area contributed by atoms with Gasteiger partial charge in [0.05, 0.1) is 19.9 Å². The number of amides is 2. The van der Waals surface area contributed by atoms with E-state index in [1.807, 2.05) is 16.6 Å². The Kier molecular flexibility index (Phi) is 7.11. The maximum Gasteiger partial charge on any atom is 0.254 e. The van der Waals surface area contributed by atoms with Crippen molar-refractivity contribution in [2.45, 2.75) is 57.5 Å². The molecule has 2 aliphatic rings. The summed E-state index contributed by atoms with van der Waals surface area (Å²) >= 11 is 0. The summed E-state index contributed by atoms with van der Waals surface area (Å²) in [5, 5.41) is 10.4. The van der Waals surface area contributed by atoms with Crippen molar-refractivity contribution in [3.05, 3.63) is 41.3 Å². The van der Waals surface area contributed by atoms with Crippen LogP contribution in [0.1, 0.15) is 43.0 Å². The Bertz CT molecular complexity index is 1280. The van der Waals surface area contributed by atoms with Gasteiger partial charge in [-0.2, -0.15) is 14.6 Å². The molecule has 37 heavy (non-hydrogen) atoms. The molecule has 1 atom stereocenters. The summed E-state index contributed by atoms with van der Waals surface area (Å²) in [6.45, 7) is 2.99. The smallest absolute Gasteiger partial charge is 0.254 e. The molecule has 1 saturated heterocycles. The molecule has 3 heterocycles. The van der Waals surface area contributed by atoms with Gasteiger partial charge in [-0.05, 0) is 49.8 Å². The molecular formula is C26H33N7O4. The summed E-state index contributed by atoms with van der Waals surface area (Å²) in [5.41, 5.74) is 3.22. The second-order valence-corrected chi connectivity index (χ2v) is 9.63. The Labute approximate surface area is 215 Å². The molecule has 2 amide bonds. The van der Waals surface area contributed by atoms with Gasteiger partial charge in [0.15, 0.2) is 0 Å². The van der Waals surface area contributed by atoms with Gasteiger partial charge in [-0.3, -0.25) is 9.59 Å². The first-order chi connectivity index (χ1) is 17.9. The molecule has 1 aliphatic heterocycles. The van der Waals surface area contributed by atoms with E-state index in [-0.39, 0.29) is 17.9 Å². The number of carbonyl (C=O) groups excluding carboxylic acids is 2. The van der Waals surface area contributed by atoms with Crippen molar-refractivity contribution in [2.75, 3.05) is 32.2 Å². The molecule has 2 N–H and O–H groups in total. The van der Waals surface area contributed by atoms with Crippen molar-refractivity contribution >= 4 is 23.4 Å². The number of hydrogen-bond donors (Lipinski definition) is 2. The molecule has 2 aromatic heterocycles. The Morgan fingerprint density at radius 1 is 1.11 bits per heavy atom. The first kappa shape index (κ1) is 24.8. The van der Waals surface area contributed by atoms with E-state index in [1.54, 1.807) is 26.6 Å². The van der Waals surface area contributed by atoms with Crippen molar-refractivity contribution in [1.82, 2.24) is 30.2 Å². The number of hydrogen-bond acceptors (Lipinski definition) is 8. The second-order valence-electron chi connectivity index (χ2n) is 9.63. The van der Waals surface area contributed by atoms with Crippen LogP contribution < -0.4 is 25.0 Å². The molecule has 1 aliphatic carbocycles. The number of aryl methyl sites for hydroxylation is 1. The number of anilines is 1. The fourth-order valence-corrected chi connectivity index (χ4v) is 5.34. The van der Waals surface area contributed by atoms with Crippen LogP contribution in [0.15, 0.2) is 24.5 Å². The number of aromatic nitrogens is 4. The number of nitrogens with one attached hydrogen (secondary N) is 2. The molecule has 196 valence electrons. The molecule has 1 aromatic carbocycles. The monoisotopic (exact) mass is 507 g/mol. The van der Waals surface area contributed by atoms with Crippen LogP contribution in [0.3, 0.4) is 0 Å². The van der Waals surface area contributed by atoms with Crippen molar-refractivity contribution < 1.29 is 19.1 Å². The molecule has 0 unspecified atom stereocenters. The van der Waals surface area contributed by atoms with Gasteiger partial charge in [-0.25, -0.2) is 4.98 Å². The zero-order valence-electron chi connectivity index (χ0n) is 21.5. The first-order valence-corrected chi connectivity index (χ1v) is 12.7. The van der Waals surface area contributed by atoms with Gasteiger partial charge >= 0.3 is 0 Å². The number of ether oxygens (including phenoxy) is 2. The largest absolute Gasteiger partial charge is 0.497 e. The predicted octanol–water partition coefficient (Wildman–Crippen LogP) is 1.46. The van der Waals surface area contributed by atoms with Gasteiger partial charge in [0.2, 0.25) is 11.8 Å². The van der Waals surface area contributed by atoms with E-state index in [1.165, 1.54) is 12.5 Å². The molecule has 3 aromatic rings. The summed E-state index contributed by atoms with van der Waals surface area (Å²) in [4.78, 5) is 36.5. The topological polar surface area (TPSA) is 123 Å². The highest BCUT2D eigenvalue weighted by atomic mass is 16.5. The first-order valence-electron chi connectivity index (χ1n) is 12.7. The van der Waals surface area contributed by atoms with E-state index in [9.17, 15) is 9.59 Å². The highest BCUT2D eigenvalue weighted by Gasteiger charge is 2.30. The summed E-state index contributed by atoms with van der Waals surface area (Å²) in [6.07, 6.45) is 6.52. The van der Waals surface area contributed by atoms with Crippen LogP contribution in [-0.4, -0.2) is 70.8 Å². The standard InChI is InChI=1S/C26H33N7O4/c1-16(34)29-23(13-17-11-19(36-2)14-20(12-17)37-3)24(35)30-18-7-9-32(10-8-18)25-21-5-4-6-22(21)31-26-27-15-28-33(25)26/h11-12,14-15,18,23H,4-10,13H2,1-3H3,(H,29,34)(H,30,35)/t23-/m1/s1. The van der Waals surface area contributed by atoms with E-state index < -0.39 is 6.04 Å². The number of benzene rings is 1. The summed E-state index contributed by atoms with van der Waals surface area (Å²) in [5.74, 6) is 2.54. The van der Waals surface area contributed by atoms with Crippen molar-refractivity contribution in [3.63, 3.8) is 0 Å². The number of fused-ring (bicyclic) bond motifs is 2. The number of methoxy groups -OCH3 is 2. The minimum absolute atomic E-state index is 0.0148. The van der Waals surface area contributed by atoms with Crippen LogP contribution in [0, 0.1) is 0 Å². The average molecular weight is 508 g/mol. The van der Waals surface area contributed by atoms with Crippen LogP contribution in [0.2, 0.25) is 0 Å². The second kappa shape index (κ2) is 10.6. The van der Waals surface area contributed by atoms with Gasteiger partial charge in [0.1, 0.15) is 29.7 Å². The van der Waals surface area contributed by atoms with Gasteiger partial charge in [0, 0.05) is 44.1 Å². The average Bonchev–Trinajstić information content (AvgIpc) is 3.56. The molecule has 1 fully saturated rings. The molecule has 11 heteroatoms. The zero-order valence-corrected chi connectivity index (χ0v) is 21.5. The Hall–Kier alpha value is -3.89. The third kappa shape index (κ3) is 5.30. The molecule has 0 spiro atoms. The molecular weight excluding hydrogens is 474 g/mol. The van der Waals surface area contributed by atoms with E-state index >= 15 is 0 Å². The van der Waals surface area contributed by atoms with Crippen LogP contribution in [0.5, 0.6) is 11.5 Å². The Morgan fingerprint density at radius 2 is 1.84 bits per heavy atom. The van der Waals surface area contributed by atoms with Crippen molar-refractivity contribution in [3.8, 4) is 11.5 Å². The lowest BCUT2D eigenvalue weighted by Crippen LogP contribution is -2.52. The van der Waals surface area contributed by atoms with Crippen molar-refractivity contribution in [2.24, 2.45) is 0 Å². The molecule has 0 saturated carbocycles. The number of piperidine rings is 1. The zero-order chi connectivity index (χ0) is 25.9. The normalized spacial score (nSPS) is 16.4. The molecule has 11 nitrogen and oxygen atoms in total. The molecule has 0 radical (unpaired) electrons. The lowest BCUT2D eigenvalue weighted by molar-refractivity contribution is -0.128. The fourth-order valence-electron chi connectivity index (χ4n) is 5.34. The van der Waals surface area contributed by atoms with Gasteiger partial charge in [-0.15, -0.1) is 0 Å². The van der Waals surface area contributed by atoms with Crippen LogP contribution >= 0.6 is 0 Å². The SMILES string of the molecule is COc1cc(C[C@@H](NC(C)=O)C(=O)NC2CCN(c3c4c(nc5ncnn35)CCC4)CC2)cc(OC)c1. The lowest BCUT2D eigenvalue weighted by Gasteiger charge is -2.35. The number of nitrogens with zero attached hydrogens (tertiary/aromatic N) is 5. The minimum Gasteiger partial charge on any atom is -0.497 e. The predicted molar refractivity (Wildman–Crippen MR) is 137 cm³/mol. The Morgan fingerprint density at radius 3 is 2.51 bits per heavy atom. The van der Waals surface area contributed by atoms with Gasteiger partial charge in [-0.1, -0.05) is 0 Å². The highest BCUT2D eigenvalue weighted by molar-refractivity contribution is 5.87. The van der Waals surface area contributed by atoms with Crippen molar-refractivity contribution in [1.29, 1.82) is 0 Å². The van der Waals surface area contributed by atoms with Crippen LogP contribution in [0.25, 0.3) is 5.78 Å². The summed E-state index contributed by atoms with van der Waals surface area (Å²) in [6, 6.07) is 4.78. The highest BCUT2D eigenvalue weighted by Crippen LogP contribution is 2.32. The molecule has 0 bridgehead atoms.